The van der Waals surface area contributed by atoms with Gasteiger partial charge in [-0.05, 0) is 25.9 Å². The highest BCUT2D eigenvalue weighted by Gasteiger charge is 2.15. The van der Waals surface area contributed by atoms with Gasteiger partial charge in [-0.25, -0.2) is 0 Å². The molecule has 4 heteroatoms. The number of hydrogen-bond donors (Lipinski definition) is 1. The molecule has 0 aliphatic heterocycles. The fourth-order valence-corrected chi connectivity index (χ4v) is 2.89. The smallest absolute Gasteiger partial charge is 0.223 e. The van der Waals surface area contributed by atoms with Crippen molar-refractivity contribution in [2.24, 2.45) is 0 Å². The Morgan fingerprint density at radius 1 is 1.18 bits per heavy atom. The normalized spacial score (nSPS) is 12.8. The first-order chi connectivity index (χ1) is 10.6. The standard InChI is InChI=1S/C18H32N2O2/c1-5-9-10-11-15(6-2)20-14-18(22)17(21)12-16(20)13-19(7-3)8-4/h12,14-15,22H,5-11,13H2,1-4H3. The van der Waals surface area contributed by atoms with E-state index < -0.39 is 0 Å². The van der Waals surface area contributed by atoms with Gasteiger partial charge >= 0.3 is 0 Å². The Hall–Kier alpha value is -1.29. The number of aromatic nitrogens is 1. The van der Waals surface area contributed by atoms with Gasteiger partial charge in [0.2, 0.25) is 5.43 Å². The third-order valence-electron chi connectivity index (χ3n) is 4.43. The fraction of sp³-hybridized carbons (Fsp3) is 0.722. The van der Waals surface area contributed by atoms with Gasteiger partial charge in [-0.3, -0.25) is 9.69 Å². The highest BCUT2D eigenvalue weighted by Crippen LogP contribution is 2.23. The van der Waals surface area contributed by atoms with Gasteiger partial charge in [0.1, 0.15) is 0 Å². The van der Waals surface area contributed by atoms with Crippen molar-refractivity contribution in [3.63, 3.8) is 0 Å². The van der Waals surface area contributed by atoms with Crippen LogP contribution in [-0.2, 0) is 6.54 Å². The molecule has 126 valence electrons. The van der Waals surface area contributed by atoms with Crippen LogP contribution in [-0.4, -0.2) is 27.7 Å². The summed E-state index contributed by atoms with van der Waals surface area (Å²) in [5.41, 5.74) is 0.733. The Morgan fingerprint density at radius 3 is 2.41 bits per heavy atom. The molecule has 1 N–H and O–H groups in total. The second-order valence-corrected chi connectivity index (χ2v) is 5.94. The van der Waals surface area contributed by atoms with Crippen LogP contribution < -0.4 is 5.43 Å². The molecule has 0 aliphatic rings. The van der Waals surface area contributed by atoms with Crippen molar-refractivity contribution in [2.75, 3.05) is 13.1 Å². The van der Waals surface area contributed by atoms with Gasteiger partial charge in [0.25, 0.3) is 0 Å². The predicted octanol–water partition coefficient (Wildman–Crippen LogP) is 3.93. The topological polar surface area (TPSA) is 45.5 Å². The summed E-state index contributed by atoms with van der Waals surface area (Å²) in [6.45, 7) is 11.3. The largest absolute Gasteiger partial charge is 0.503 e. The van der Waals surface area contributed by atoms with E-state index in [2.05, 4.69) is 37.2 Å². The maximum Gasteiger partial charge on any atom is 0.223 e. The molecule has 22 heavy (non-hydrogen) atoms. The van der Waals surface area contributed by atoms with Crippen LogP contribution in [0.4, 0.5) is 0 Å². The zero-order valence-corrected chi connectivity index (χ0v) is 14.6. The summed E-state index contributed by atoms with van der Waals surface area (Å²) in [4.78, 5) is 14.1. The molecular weight excluding hydrogens is 276 g/mol. The van der Waals surface area contributed by atoms with Crippen LogP contribution in [0.5, 0.6) is 5.75 Å². The lowest BCUT2D eigenvalue weighted by molar-refractivity contribution is 0.278. The van der Waals surface area contributed by atoms with Crippen LogP contribution in [0.2, 0.25) is 0 Å². The van der Waals surface area contributed by atoms with Crippen molar-refractivity contribution < 1.29 is 5.11 Å². The number of aromatic hydroxyl groups is 1. The molecule has 0 bridgehead atoms. The van der Waals surface area contributed by atoms with Crippen molar-refractivity contribution >= 4 is 0 Å². The third-order valence-corrected chi connectivity index (χ3v) is 4.43. The monoisotopic (exact) mass is 308 g/mol. The molecule has 1 aromatic rings. The minimum absolute atomic E-state index is 0.141. The minimum Gasteiger partial charge on any atom is -0.503 e. The highest BCUT2D eigenvalue weighted by atomic mass is 16.3. The van der Waals surface area contributed by atoms with Crippen LogP contribution in [0.15, 0.2) is 17.1 Å². The van der Waals surface area contributed by atoms with Crippen LogP contribution >= 0.6 is 0 Å². The number of rotatable bonds is 10. The molecule has 1 heterocycles. The van der Waals surface area contributed by atoms with Crippen molar-refractivity contribution in [1.29, 1.82) is 0 Å². The highest BCUT2D eigenvalue weighted by molar-refractivity contribution is 5.21. The van der Waals surface area contributed by atoms with E-state index in [0.29, 0.717) is 6.04 Å². The molecule has 0 aromatic carbocycles. The van der Waals surface area contributed by atoms with E-state index in [1.165, 1.54) is 19.3 Å². The zero-order valence-electron chi connectivity index (χ0n) is 14.6. The molecular formula is C18H32N2O2. The Bertz CT molecular complexity index is 492. The number of hydrogen-bond acceptors (Lipinski definition) is 3. The Morgan fingerprint density at radius 2 is 1.86 bits per heavy atom. The molecule has 1 aromatic heterocycles. The number of nitrogens with zero attached hydrogens (tertiary/aromatic N) is 2. The van der Waals surface area contributed by atoms with Gasteiger partial charge in [-0.2, -0.15) is 0 Å². The second kappa shape index (κ2) is 9.67. The average molecular weight is 308 g/mol. The molecule has 1 atom stereocenters. The van der Waals surface area contributed by atoms with E-state index >= 15 is 0 Å². The van der Waals surface area contributed by atoms with Crippen molar-refractivity contribution in [2.45, 2.75) is 72.4 Å². The molecule has 1 unspecified atom stereocenters. The summed E-state index contributed by atoms with van der Waals surface area (Å²) >= 11 is 0. The zero-order chi connectivity index (χ0) is 16.5. The Kier molecular flexibility index (Phi) is 8.25. The first-order valence-corrected chi connectivity index (χ1v) is 8.73. The third kappa shape index (κ3) is 5.16. The van der Waals surface area contributed by atoms with Gasteiger partial charge < -0.3 is 9.67 Å². The van der Waals surface area contributed by atoms with Gasteiger partial charge in [-0.15, -0.1) is 0 Å². The lowest BCUT2D eigenvalue weighted by Crippen LogP contribution is -2.27. The van der Waals surface area contributed by atoms with E-state index in [0.717, 1.165) is 38.2 Å². The molecule has 0 spiro atoms. The van der Waals surface area contributed by atoms with Gasteiger partial charge in [0.15, 0.2) is 5.75 Å². The van der Waals surface area contributed by atoms with E-state index in [4.69, 9.17) is 0 Å². The molecule has 0 saturated heterocycles. The van der Waals surface area contributed by atoms with Crippen molar-refractivity contribution in [3.05, 3.63) is 28.2 Å². The number of pyridine rings is 1. The maximum absolute atomic E-state index is 11.8. The first kappa shape index (κ1) is 18.8. The summed E-state index contributed by atoms with van der Waals surface area (Å²) in [5.74, 6) is -0.141. The van der Waals surface area contributed by atoms with E-state index in [-0.39, 0.29) is 11.2 Å². The minimum atomic E-state index is -0.276. The summed E-state index contributed by atoms with van der Waals surface area (Å²) in [7, 11) is 0. The SMILES string of the molecule is CCCCCC(CC)n1cc(O)c(=O)cc1CN(CC)CC. The van der Waals surface area contributed by atoms with E-state index in [9.17, 15) is 9.90 Å². The van der Waals surface area contributed by atoms with Crippen LogP contribution in [0.25, 0.3) is 0 Å². The lowest BCUT2D eigenvalue weighted by atomic mass is 10.0. The number of unbranched alkanes of at least 4 members (excludes halogenated alkanes) is 2. The van der Waals surface area contributed by atoms with Crippen LogP contribution in [0.1, 0.15) is 71.5 Å². The summed E-state index contributed by atoms with van der Waals surface area (Å²) in [6, 6.07) is 1.96. The van der Waals surface area contributed by atoms with Gasteiger partial charge in [0.05, 0.1) is 6.20 Å². The molecule has 0 amide bonds. The predicted molar refractivity (Wildman–Crippen MR) is 92.5 cm³/mol. The Balaban J connectivity index is 3.07. The van der Waals surface area contributed by atoms with Crippen LogP contribution in [0, 0.1) is 0 Å². The molecule has 0 radical (unpaired) electrons. The van der Waals surface area contributed by atoms with Gasteiger partial charge in [0, 0.05) is 24.3 Å². The lowest BCUT2D eigenvalue weighted by Gasteiger charge is -2.26. The molecule has 0 aliphatic carbocycles. The molecule has 4 nitrogen and oxygen atoms in total. The van der Waals surface area contributed by atoms with Gasteiger partial charge in [-0.1, -0.05) is 47.0 Å². The molecule has 0 saturated carbocycles. The summed E-state index contributed by atoms with van der Waals surface area (Å²) < 4.78 is 2.13. The summed E-state index contributed by atoms with van der Waals surface area (Å²) in [5, 5.41) is 9.84. The van der Waals surface area contributed by atoms with E-state index in [1.54, 1.807) is 12.3 Å². The van der Waals surface area contributed by atoms with Crippen molar-refractivity contribution in [3.8, 4) is 5.75 Å². The average Bonchev–Trinajstić information content (AvgIpc) is 2.52. The summed E-state index contributed by atoms with van der Waals surface area (Å²) in [6.07, 6.45) is 7.37. The van der Waals surface area contributed by atoms with Crippen molar-refractivity contribution in [1.82, 2.24) is 9.47 Å². The first-order valence-electron chi connectivity index (χ1n) is 8.73. The fourth-order valence-electron chi connectivity index (χ4n) is 2.89. The Labute approximate surface area is 134 Å². The molecule has 0 fully saturated rings. The second-order valence-electron chi connectivity index (χ2n) is 5.94. The van der Waals surface area contributed by atoms with Crippen LogP contribution in [0.3, 0.4) is 0 Å². The quantitative estimate of drug-likeness (QED) is 0.666. The maximum atomic E-state index is 11.8. The van der Waals surface area contributed by atoms with E-state index in [1.807, 2.05) is 0 Å². The molecule has 1 rings (SSSR count).